The normalized spacial score (nSPS) is 13.2. The van der Waals surface area contributed by atoms with Crippen LogP contribution in [0, 0.1) is 0 Å². The smallest absolute Gasteiger partial charge is 0.362 e. The number of carbonyl (C=O) groups excluding carboxylic acids is 2. The third kappa shape index (κ3) is 35.3. The van der Waals surface area contributed by atoms with E-state index < -0.39 is 18.1 Å². The summed E-state index contributed by atoms with van der Waals surface area (Å²) >= 11 is 0. The van der Waals surface area contributed by atoms with E-state index in [2.05, 4.69) is 38.2 Å². The van der Waals surface area contributed by atoms with Gasteiger partial charge in [-0.05, 0) is 38.5 Å². The molecule has 0 heterocycles. The Hall–Kier alpha value is -2.19. The summed E-state index contributed by atoms with van der Waals surface area (Å²) in [7, 11) is 5.52. The number of rotatable bonds is 39. The van der Waals surface area contributed by atoms with E-state index in [1.807, 2.05) is 21.1 Å². The van der Waals surface area contributed by atoms with E-state index in [9.17, 15) is 19.5 Å². The van der Waals surface area contributed by atoms with E-state index in [0.717, 1.165) is 70.6 Å². The summed E-state index contributed by atoms with van der Waals surface area (Å²) in [6, 6.07) is -0.614. The number of carbonyl (C=O) groups is 3. The summed E-state index contributed by atoms with van der Waals surface area (Å²) in [6.45, 7) is 4.67. The Morgan fingerprint density at radius 3 is 1.53 bits per heavy atom. The molecule has 1 N–H and O–H groups in total. The second-order valence-electron chi connectivity index (χ2n) is 16.0. The van der Waals surface area contributed by atoms with Gasteiger partial charge in [-0.25, -0.2) is 4.79 Å². The van der Waals surface area contributed by atoms with Crippen molar-refractivity contribution in [2.75, 3.05) is 41.0 Å². The van der Waals surface area contributed by atoms with Crippen LogP contribution >= 0.6 is 0 Å². The van der Waals surface area contributed by atoms with E-state index >= 15 is 0 Å². The fourth-order valence-corrected chi connectivity index (χ4v) is 6.42. The Balaban J connectivity index is 4.33. The quantitative estimate of drug-likeness (QED) is 0.0289. The maximum atomic E-state index is 12.7. The summed E-state index contributed by atoms with van der Waals surface area (Å²) in [5.74, 6) is -1.48. The Morgan fingerprint density at radius 2 is 1.04 bits per heavy atom. The van der Waals surface area contributed by atoms with Crippen LogP contribution in [0.4, 0.5) is 0 Å². The lowest BCUT2D eigenvalue weighted by Crippen LogP contribution is -2.50. The molecule has 0 amide bonds. The van der Waals surface area contributed by atoms with E-state index in [0.29, 0.717) is 19.3 Å². The molecule has 2 unspecified atom stereocenters. The lowest BCUT2D eigenvalue weighted by atomic mass is 10.0. The first-order chi connectivity index (χ1) is 25.6. The number of unbranched alkanes of at least 4 members (excludes halogenated alkanes) is 21. The minimum Gasteiger partial charge on any atom is -0.477 e. The van der Waals surface area contributed by atoms with Crippen LogP contribution in [0.3, 0.4) is 0 Å². The fourth-order valence-electron chi connectivity index (χ4n) is 6.42. The highest BCUT2D eigenvalue weighted by Crippen LogP contribution is 2.15. The predicted molar refractivity (Wildman–Crippen MR) is 220 cm³/mol. The zero-order valence-electron chi connectivity index (χ0n) is 35.2. The number of carboxylic acids is 1. The number of likely N-dealkylation sites (N-methyl/N-ethyl adjacent to an activating group) is 1. The average molecular weight is 751 g/mol. The van der Waals surface area contributed by atoms with Crippen molar-refractivity contribution in [3.05, 3.63) is 24.3 Å². The summed E-state index contributed by atoms with van der Waals surface area (Å²) in [6.07, 6.45) is 39.3. The Labute approximate surface area is 326 Å². The molecule has 0 fully saturated rings. The molecule has 8 heteroatoms. The molecule has 0 saturated carbocycles. The highest BCUT2D eigenvalue weighted by molar-refractivity contribution is 5.72. The largest absolute Gasteiger partial charge is 0.477 e. The second kappa shape index (κ2) is 36.8. The molecular formula is C45H84NO7+. The molecule has 0 aliphatic carbocycles. The maximum absolute atomic E-state index is 12.7. The summed E-state index contributed by atoms with van der Waals surface area (Å²) in [5, 5.41) is 9.61. The van der Waals surface area contributed by atoms with Gasteiger partial charge in [0, 0.05) is 19.3 Å². The molecule has 0 spiro atoms. The number of hydrogen-bond donors (Lipinski definition) is 1. The number of quaternary nitrogens is 1. The number of hydrogen-bond acceptors (Lipinski definition) is 6. The molecule has 8 nitrogen and oxygen atoms in total. The van der Waals surface area contributed by atoms with Gasteiger partial charge in [-0.15, -0.1) is 0 Å². The average Bonchev–Trinajstić information content (AvgIpc) is 3.11. The lowest BCUT2D eigenvalue weighted by Gasteiger charge is -2.31. The van der Waals surface area contributed by atoms with Crippen molar-refractivity contribution >= 4 is 17.9 Å². The van der Waals surface area contributed by atoms with E-state index in [1.165, 1.54) is 89.9 Å². The van der Waals surface area contributed by atoms with Gasteiger partial charge >= 0.3 is 17.9 Å². The van der Waals surface area contributed by atoms with Gasteiger partial charge in [-0.3, -0.25) is 9.59 Å². The van der Waals surface area contributed by atoms with Crippen molar-refractivity contribution < 1.29 is 38.2 Å². The summed E-state index contributed by atoms with van der Waals surface area (Å²) in [4.78, 5) is 36.9. The number of allylic oxidation sites excluding steroid dienone is 4. The van der Waals surface area contributed by atoms with Crippen LogP contribution in [0.5, 0.6) is 0 Å². The summed E-state index contributed by atoms with van der Waals surface area (Å²) < 4.78 is 17.3. The molecule has 0 aliphatic rings. The summed E-state index contributed by atoms with van der Waals surface area (Å²) in [5.41, 5.74) is 0. The minimum absolute atomic E-state index is 0.0525. The van der Waals surface area contributed by atoms with Crippen molar-refractivity contribution in [2.45, 2.75) is 206 Å². The topological polar surface area (TPSA) is 99.1 Å². The monoisotopic (exact) mass is 751 g/mol. The van der Waals surface area contributed by atoms with Gasteiger partial charge < -0.3 is 23.8 Å². The van der Waals surface area contributed by atoms with Crippen LogP contribution in [0.1, 0.15) is 194 Å². The fraction of sp³-hybridized carbons (Fsp3) is 0.844. The van der Waals surface area contributed by atoms with Gasteiger partial charge in [0.15, 0.2) is 12.1 Å². The molecular weight excluding hydrogens is 666 g/mol. The highest BCUT2D eigenvalue weighted by Gasteiger charge is 2.31. The number of carboxylic acid groups (broad SMARTS) is 1. The van der Waals surface area contributed by atoms with Crippen molar-refractivity contribution in [1.29, 1.82) is 0 Å². The Bertz CT molecular complexity index is 926. The van der Waals surface area contributed by atoms with Crippen LogP contribution < -0.4 is 0 Å². The molecule has 310 valence electrons. The molecule has 2 atom stereocenters. The number of nitrogens with zero attached hydrogens (tertiary/aromatic N) is 1. The SMILES string of the molecule is CCC/C=C\C/C=C\CCCCCCCC(=O)OC(COCCC(C(=O)O)[N+](C)(C)C)COC(=O)CCCCCCCCCCCCCCCCCC. The van der Waals surface area contributed by atoms with Gasteiger partial charge in [-0.1, -0.05) is 160 Å². The van der Waals surface area contributed by atoms with Crippen molar-refractivity contribution in [3.63, 3.8) is 0 Å². The first-order valence-electron chi connectivity index (χ1n) is 21.9. The Morgan fingerprint density at radius 1 is 0.566 bits per heavy atom. The number of esters is 2. The molecule has 0 aromatic heterocycles. The molecule has 53 heavy (non-hydrogen) atoms. The molecule has 0 aromatic carbocycles. The molecule has 0 radical (unpaired) electrons. The van der Waals surface area contributed by atoms with Gasteiger partial charge in [0.2, 0.25) is 0 Å². The van der Waals surface area contributed by atoms with Crippen molar-refractivity contribution in [2.24, 2.45) is 0 Å². The second-order valence-corrected chi connectivity index (χ2v) is 16.0. The Kier molecular flexibility index (Phi) is 35.2. The van der Waals surface area contributed by atoms with Gasteiger partial charge in [0.25, 0.3) is 0 Å². The molecule has 0 saturated heterocycles. The number of aliphatic carboxylic acids is 1. The van der Waals surface area contributed by atoms with Crippen LogP contribution in [-0.4, -0.2) is 80.6 Å². The lowest BCUT2D eigenvalue weighted by molar-refractivity contribution is -0.887. The molecule has 0 aromatic rings. The zero-order valence-corrected chi connectivity index (χ0v) is 35.2. The van der Waals surface area contributed by atoms with Crippen molar-refractivity contribution in [1.82, 2.24) is 0 Å². The minimum atomic E-state index is -0.876. The standard InChI is InChI=1S/C45H83NO7/c1-6-8-10-12-14-16-18-20-21-22-24-25-27-29-31-33-35-43(47)52-40-41(39-51-38-37-42(45(49)50)46(3,4)5)53-44(48)36-34-32-30-28-26-23-19-17-15-13-11-9-7-2/h11,13,17,19,41-42H,6-10,12,14-16,18,20-40H2,1-5H3/p+1/b13-11-,19-17-. The van der Waals surface area contributed by atoms with Gasteiger partial charge in [0.05, 0.1) is 34.4 Å². The van der Waals surface area contributed by atoms with Crippen LogP contribution in [0.2, 0.25) is 0 Å². The molecule has 0 bridgehead atoms. The molecule has 0 rings (SSSR count). The van der Waals surface area contributed by atoms with Crippen LogP contribution in [0.15, 0.2) is 24.3 Å². The van der Waals surface area contributed by atoms with Crippen LogP contribution in [0.25, 0.3) is 0 Å². The van der Waals surface area contributed by atoms with Gasteiger partial charge in [0.1, 0.15) is 6.61 Å². The van der Waals surface area contributed by atoms with Crippen LogP contribution in [-0.2, 0) is 28.6 Å². The van der Waals surface area contributed by atoms with Crippen molar-refractivity contribution in [3.8, 4) is 0 Å². The van der Waals surface area contributed by atoms with E-state index in [-0.39, 0.29) is 36.2 Å². The zero-order chi connectivity index (χ0) is 39.3. The predicted octanol–water partition coefficient (Wildman–Crippen LogP) is 11.7. The third-order valence-electron chi connectivity index (χ3n) is 9.83. The molecule has 0 aliphatic heterocycles. The third-order valence-corrected chi connectivity index (χ3v) is 9.83. The van der Waals surface area contributed by atoms with E-state index in [4.69, 9.17) is 14.2 Å². The highest BCUT2D eigenvalue weighted by atomic mass is 16.6. The first kappa shape index (κ1) is 50.8. The van der Waals surface area contributed by atoms with Gasteiger partial charge in [-0.2, -0.15) is 0 Å². The van der Waals surface area contributed by atoms with E-state index in [1.54, 1.807) is 0 Å². The number of ether oxygens (including phenoxy) is 3. The first-order valence-corrected chi connectivity index (χ1v) is 21.9. The maximum Gasteiger partial charge on any atom is 0.362 e.